The molecule has 0 saturated heterocycles. The molecule has 0 aliphatic heterocycles. The largest absolute Gasteiger partial charge is 0.455 e. The number of nitrogens with zero attached hydrogens (tertiary/aromatic N) is 2. The standard InChI is InChI=1S/C58H36N2O2/c1-2-18-43-37(14-1)32-35-49-56-53(27-13-29-55(56)62-58(43)49)59(41-16-11-15-39(36-41)44-22-12-23-48-47-21-6-10-28-54(47)61-57(44)48)40-33-30-38(31-34-40)42-17-3-7-24-50(42)60-51-25-8-4-19-45(51)46-20-5-9-26-52(46)60/h1-36H. The van der Waals surface area contributed by atoms with E-state index in [1.807, 2.05) is 12.1 Å². The van der Waals surface area contributed by atoms with Crippen LogP contribution in [0.25, 0.3) is 104 Å². The first-order chi connectivity index (χ1) is 30.8. The molecule has 13 aromatic rings. The quantitative estimate of drug-likeness (QED) is 0.168. The minimum Gasteiger partial charge on any atom is -0.455 e. The molecule has 13 rings (SSSR count). The lowest BCUT2D eigenvalue weighted by Gasteiger charge is -2.27. The van der Waals surface area contributed by atoms with Crippen LogP contribution in [0.5, 0.6) is 0 Å². The van der Waals surface area contributed by atoms with Crippen molar-refractivity contribution in [3.63, 3.8) is 0 Å². The minimum atomic E-state index is 0.846. The number of benzene rings is 10. The van der Waals surface area contributed by atoms with Gasteiger partial charge in [0.2, 0.25) is 0 Å². The van der Waals surface area contributed by atoms with Crippen LogP contribution < -0.4 is 4.90 Å². The average Bonchev–Trinajstić information content (AvgIpc) is 4.02. The Balaban J connectivity index is 1.01. The van der Waals surface area contributed by atoms with Crippen LogP contribution >= 0.6 is 0 Å². The molecule has 0 bridgehead atoms. The van der Waals surface area contributed by atoms with Gasteiger partial charge in [0.15, 0.2) is 0 Å². The maximum Gasteiger partial charge on any atom is 0.143 e. The molecule has 0 spiro atoms. The molecule has 0 saturated carbocycles. The molecule has 0 atom stereocenters. The maximum absolute atomic E-state index is 6.74. The van der Waals surface area contributed by atoms with Crippen molar-refractivity contribution in [2.45, 2.75) is 0 Å². The van der Waals surface area contributed by atoms with Gasteiger partial charge in [0, 0.05) is 54.8 Å². The van der Waals surface area contributed by atoms with Gasteiger partial charge in [-0.2, -0.15) is 0 Å². The number of hydrogen-bond acceptors (Lipinski definition) is 3. The fraction of sp³-hybridized carbons (Fsp3) is 0. The van der Waals surface area contributed by atoms with Crippen LogP contribution in [0.4, 0.5) is 17.1 Å². The van der Waals surface area contributed by atoms with E-state index < -0.39 is 0 Å². The van der Waals surface area contributed by atoms with Gasteiger partial charge >= 0.3 is 0 Å². The van der Waals surface area contributed by atoms with Crippen LogP contribution in [-0.4, -0.2) is 4.57 Å². The summed E-state index contributed by atoms with van der Waals surface area (Å²) in [5, 5.41) is 9.13. The van der Waals surface area contributed by atoms with Crippen molar-refractivity contribution in [1.29, 1.82) is 0 Å². The number of furan rings is 2. The van der Waals surface area contributed by atoms with Gasteiger partial charge in [-0.1, -0.05) is 152 Å². The molecule has 0 amide bonds. The number of fused-ring (bicyclic) bond motifs is 11. The van der Waals surface area contributed by atoms with Crippen LogP contribution in [-0.2, 0) is 0 Å². The lowest BCUT2D eigenvalue weighted by Crippen LogP contribution is -2.10. The van der Waals surface area contributed by atoms with E-state index in [2.05, 4.69) is 216 Å². The van der Waals surface area contributed by atoms with E-state index in [0.717, 1.165) is 99.7 Å². The highest BCUT2D eigenvalue weighted by Crippen LogP contribution is 2.46. The third-order valence-electron chi connectivity index (χ3n) is 12.6. The topological polar surface area (TPSA) is 34.5 Å². The highest BCUT2D eigenvalue weighted by atomic mass is 16.3. The molecule has 4 nitrogen and oxygen atoms in total. The first-order valence-corrected chi connectivity index (χ1v) is 21.1. The second-order valence-corrected chi connectivity index (χ2v) is 16.0. The summed E-state index contributed by atoms with van der Waals surface area (Å²) in [6.45, 7) is 0. The number of para-hydroxylation sites is 5. The number of anilines is 3. The number of aromatic nitrogens is 1. The maximum atomic E-state index is 6.74. The molecule has 3 aromatic heterocycles. The second kappa shape index (κ2) is 13.6. The van der Waals surface area contributed by atoms with Gasteiger partial charge < -0.3 is 18.3 Å². The molecular formula is C58H36N2O2. The Hall–Kier alpha value is -8.34. The lowest BCUT2D eigenvalue weighted by atomic mass is 10.00. The molecule has 4 heteroatoms. The zero-order chi connectivity index (χ0) is 40.7. The second-order valence-electron chi connectivity index (χ2n) is 16.0. The van der Waals surface area contributed by atoms with Gasteiger partial charge in [-0.25, -0.2) is 0 Å². The van der Waals surface area contributed by atoms with Gasteiger partial charge in [-0.15, -0.1) is 0 Å². The molecular weight excluding hydrogens is 757 g/mol. The summed E-state index contributed by atoms with van der Waals surface area (Å²) in [7, 11) is 0. The van der Waals surface area contributed by atoms with Gasteiger partial charge in [0.05, 0.1) is 27.8 Å². The molecule has 10 aromatic carbocycles. The highest BCUT2D eigenvalue weighted by Gasteiger charge is 2.22. The molecule has 0 fully saturated rings. The SMILES string of the molecule is c1cc(-c2cccc3c2oc2ccccc23)cc(N(c2ccc(-c3ccccc3-n3c4ccccc4c4ccccc43)cc2)c2cccc3oc4c5ccccc5ccc4c23)c1. The van der Waals surface area contributed by atoms with E-state index in [0.29, 0.717) is 0 Å². The number of hydrogen-bond donors (Lipinski definition) is 0. The van der Waals surface area contributed by atoms with E-state index in [4.69, 9.17) is 8.83 Å². The monoisotopic (exact) mass is 792 g/mol. The summed E-state index contributed by atoms with van der Waals surface area (Å²) in [6, 6.07) is 77.9. The summed E-state index contributed by atoms with van der Waals surface area (Å²) in [6.07, 6.45) is 0. The summed E-state index contributed by atoms with van der Waals surface area (Å²) in [5.74, 6) is 0. The molecule has 0 N–H and O–H groups in total. The Labute approximate surface area is 356 Å². The Morgan fingerprint density at radius 1 is 0.355 bits per heavy atom. The molecule has 290 valence electrons. The Kier molecular flexibility index (Phi) is 7.57. The number of rotatable bonds is 6. The summed E-state index contributed by atoms with van der Waals surface area (Å²) in [4.78, 5) is 2.37. The van der Waals surface area contributed by atoms with Crippen molar-refractivity contribution >= 4 is 93.5 Å². The minimum absolute atomic E-state index is 0.846. The van der Waals surface area contributed by atoms with Crippen molar-refractivity contribution in [2.24, 2.45) is 0 Å². The van der Waals surface area contributed by atoms with Crippen molar-refractivity contribution in [1.82, 2.24) is 4.57 Å². The van der Waals surface area contributed by atoms with E-state index in [1.54, 1.807) is 0 Å². The van der Waals surface area contributed by atoms with E-state index in [1.165, 1.54) is 21.8 Å². The van der Waals surface area contributed by atoms with Crippen LogP contribution in [0.15, 0.2) is 227 Å². The Morgan fingerprint density at radius 2 is 0.984 bits per heavy atom. The summed E-state index contributed by atoms with van der Waals surface area (Å²) >= 11 is 0. The highest BCUT2D eigenvalue weighted by molar-refractivity contribution is 6.20. The first-order valence-electron chi connectivity index (χ1n) is 21.1. The normalized spacial score (nSPS) is 11.9. The molecule has 3 heterocycles. The van der Waals surface area contributed by atoms with Crippen molar-refractivity contribution < 1.29 is 8.83 Å². The average molecular weight is 793 g/mol. The zero-order valence-corrected chi connectivity index (χ0v) is 33.5. The summed E-state index contributed by atoms with van der Waals surface area (Å²) < 4.78 is 15.7. The lowest BCUT2D eigenvalue weighted by molar-refractivity contribution is 0.670. The van der Waals surface area contributed by atoms with Gasteiger partial charge in [0.25, 0.3) is 0 Å². The zero-order valence-electron chi connectivity index (χ0n) is 33.5. The fourth-order valence-electron chi connectivity index (χ4n) is 9.82. The smallest absolute Gasteiger partial charge is 0.143 e. The fourth-order valence-corrected chi connectivity index (χ4v) is 9.82. The molecule has 62 heavy (non-hydrogen) atoms. The van der Waals surface area contributed by atoms with Gasteiger partial charge in [-0.3, -0.25) is 0 Å². The summed E-state index contributed by atoms with van der Waals surface area (Å²) in [5.41, 5.74) is 14.6. The van der Waals surface area contributed by atoms with Gasteiger partial charge in [0.1, 0.15) is 22.3 Å². The van der Waals surface area contributed by atoms with Crippen molar-refractivity contribution in [3.8, 4) is 27.9 Å². The van der Waals surface area contributed by atoms with Crippen LogP contribution in [0.3, 0.4) is 0 Å². The van der Waals surface area contributed by atoms with E-state index >= 15 is 0 Å². The van der Waals surface area contributed by atoms with E-state index in [9.17, 15) is 0 Å². The predicted molar refractivity (Wildman–Crippen MR) is 258 cm³/mol. The van der Waals surface area contributed by atoms with Crippen LogP contribution in [0, 0.1) is 0 Å². The Bertz CT molecular complexity index is 3830. The molecule has 0 unspecified atom stereocenters. The molecule has 0 radical (unpaired) electrons. The third kappa shape index (κ3) is 5.20. The third-order valence-corrected chi connectivity index (χ3v) is 12.6. The van der Waals surface area contributed by atoms with Crippen LogP contribution in [0.1, 0.15) is 0 Å². The van der Waals surface area contributed by atoms with Crippen LogP contribution in [0.2, 0.25) is 0 Å². The van der Waals surface area contributed by atoms with Crippen molar-refractivity contribution in [2.75, 3.05) is 4.90 Å². The Morgan fingerprint density at radius 3 is 1.82 bits per heavy atom. The first kappa shape index (κ1) is 34.5. The molecule has 0 aliphatic rings. The van der Waals surface area contributed by atoms with Gasteiger partial charge in [-0.05, 0) is 83.2 Å². The predicted octanol–water partition coefficient (Wildman–Crippen LogP) is 16.5. The van der Waals surface area contributed by atoms with E-state index in [-0.39, 0.29) is 0 Å². The van der Waals surface area contributed by atoms with Crippen molar-refractivity contribution in [3.05, 3.63) is 218 Å². The molecule has 0 aliphatic carbocycles.